The molecule has 3 aromatic rings. The molecule has 1 fully saturated rings. The number of alkyl halides is 2. The number of aromatic nitrogens is 2. The second-order valence-electron chi connectivity index (χ2n) is 8.54. The molecular weight excluding hydrogens is 486 g/mol. The Kier molecular flexibility index (Phi) is 6.39. The number of aryl methyl sites for hydroxylation is 1. The van der Waals surface area contributed by atoms with Gasteiger partial charge in [-0.05, 0) is 55.2 Å². The van der Waals surface area contributed by atoms with E-state index in [2.05, 4.69) is 15.0 Å². The fraction of sp³-hybridized carbons (Fsp3) is 0.304. The third kappa shape index (κ3) is 5.74. The Bertz CT molecular complexity index is 1340. The molecule has 0 saturated heterocycles. The topological polar surface area (TPSA) is 93.1 Å². The van der Waals surface area contributed by atoms with Crippen LogP contribution in [0.25, 0.3) is 5.82 Å². The molecule has 2 N–H and O–H groups in total. The standard InChI is InChI=1S/C23H23ClF2N4O3S/c1-14-7-17(22(31)28-19-8-18(24)9-20(10-19)29-34(2,32)33)13-30(14)21-4-3-16(12-27-21)15-5-6-23(25,26)11-15/h3-4,7-10,12-13,15,29H,5-6,11H2,1-2H3,(H,28,31). The van der Waals surface area contributed by atoms with Crippen molar-refractivity contribution in [1.29, 1.82) is 0 Å². The summed E-state index contributed by atoms with van der Waals surface area (Å²) >= 11 is 6.05. The van der Waals surface area contributed by atoms with Gasteiger partial charge in [0.2, 0.25) is 15.9 Å². The van der Waals surface area contributed by atoms with Crippen LogP contribution in [0.2, 0.25) is 5.02 Å². The molecule has 7 nitrogen and oxygen atoms in total. The average molecular weight is 509 g/mol. The van der Waals surface area contributed by atoms with E-state index in [0.717, 1.165) is 17.5 Å². The van der Waals surface area contributed by atoms with Gasteiger partial charge in [-0.2, -0.15) is 0 Å². The zero-order valence-electron chi connectivity index (χ0n) is 18.5. The lowest BCUT2D eigenvalue weighted by Gasteiger charge is -2.12. The Balaban J connectivity index is 1.50. The van der Waals surface area contributed by atoms with Crippen molar-refractivity contribution in [2.24, 2.45) is 0 Å². The summed E-state index contributed by atoms with van der Waals surface area (Å²) in [6.45, 7) is 1.82. The highest BCUT2D eigenvalue weighted by Crippen LogP contribution is 2.44. The highest BCUT2D eigenvalue weighted by molar-refractivity contribution is 7.92. The summed E-state index contributed by atoms with van der Waals surface area (Å²) in [4.78, 5) is 17.2. The fourth-order valence-corrected chi connectivity index (χ4v) is 4.88. The summed E-state index contributed by atoms with van der Waals surface area (Å²) in [5.41, 5.74) is 2.44. The maximum absolute atomic E-state index is 13.5. The van der Waals surface area contributed by atoms with Gasteiger partial charge in [0, 0.05) is 41.6 Å². The van der Waals surface area contributed by atoms with Gasteiger partial charge < -0.3 is 9.88 Å². The van der Waals surface area contributed by atoms with Gasteiger partial charge in [-0.25, -0.2) is 22.2 Å². The minimum absolute atomic E-state index is 0.104. The molecule has 1 unspecified atom stereocenters. The molecule has 2 heterocycles. The third-order valence-electron chi connectivity index (χ3n) is 5.63. The molecule has 1 aliphatic carbocycles. The second kappa shape index (κ2) is 8.99. The molecule has 11 heteroatoms. The lowest BCUT2D eigenvalue weighted by Crippen LogP contribution is -2.13. The van der Waals surface area contributed by atoms with Gasteiger partial charge in [0.1, 0.15) is 5.82 Å². The van der Waals surface area contributed by atoms with Gasteiger partial charge in [-0.3, -0.25) is 9.52 Å². The van der Waals surface area contributed by atoms with Crippen molar-refractivity contribution in [3.05, 3.63) is 70.6 Å². The minimum atomic E-state index is -3.51. The van der Waals surface area contributed by atoms with Crippen molar-refractivity contribution in [3.63, 3.8) is 0 Å². The Morgan fingerprint density at radius 3 is 2.56 bits per heavy atom. The molecule has 180 valence electrons. The smallest absolute Gasteiger partial charge is 0.257 e. The van der Waals surface area contributed by atoms with E-state index in [9.17, 15) is 22.0 Å². The first kappa shape index (κ1) is 24.2. The number of sulfonamides is 1. The van der Waals surface area contributed by atoms with E-state index in [1.807, 2.05) is 6.92 Å². The number of carbonyl (C=O) groups is 1. The number of anilines is 2. The molecule has 4 rings (SSSR count). The molecular formula is C23H23ClF2N4O3S. The van der Waals surface area contributed by atoms with Crippen molar-refractivity contribution in [3.8, 4) is 5.82 Å². The van der Waals surface area contributed by atoms with Crippen molar-refractivity contribution >= 4 is 38.9 Å². The largest absolute Gasteiger partial charge is 0.322 e. The maximum atomic E-state index is 13.5. The van der Waals surface area contributed by atoms with Crippen LogP contribution in [0.3, 0.4) is 0 Å². The number of nitrogens with zero attached hydrogens (tertiary/aromatic N) is 2. The number of benzene rings is 1. The molecule has 34 heavy (non-hydrogen) atoms. The molecule has 1 atom stereocenters. The summed E-state index contributed by atoms with van der Waals surface area (Å²) in [7, 11) is -3.51. The van der Waals surface area contributed by atoms with Gasteiger partial charge in [0.05, 0.1) is 17.5 Å². The van der Waals surface area contributed by atoms with E-state index in [-0.39, 0.29) is 29.5 Å². The number of halogens is 3. The Morgan fingerprint density at radius 1 is 1.21 bits per heavy atom. The van der Waals surface area contributed by atoms with Crippen LogP contribution in [0, 0.1) is 6.92 Å². The monoisotopic (exact) mass is 508 g/mol. The minimum Gasteiger partial charge on any atom is -0.322 e. The van der Waals surface area contributed by atoms with E-state index >= 15 is 0 Å². The Hall–Kier alpha value is -2.98. The predicted molar refractivity (Wildman–Crippen MR) is 128 cm³/mol. The molecule has 1 aromatic carbocycles. The SMILES string of the molecule is Cc1cc(C(=O)Nc2cc(Cl)cc(NS(C)(=O)=O)c2)cn1-c1ccc(C2CCC(F)(F)C2)cn1. The molecule has 0 aliphatic heterocycles. The summed E-state index contributed by atoms with van der Waals surface area (Å²) in [6, 6.07) is 9.63. The number of rotatable bonds is 6. The van der Waals surface area contributed by atoms with Crippen LogP contribution >= 0.6 is 11.6 Å². The van der Waals surface area contributed by atoms with Gasteiger partial charge >= 0.3 is 0 Å². The number of hydrogen-bond donors (Lipinski definition) is 2. The van der Waals surface area contributed by atoms with Gasteiger partial charge in [-0.15, -0.1) is 0 Å². The van der Waals surface area contributed by atoms with Crippen LogP contribution in [0.1, 0.15) is 46.8 Å². The molecule has 1 aliphatic rings. The van der Waals surface area contributed by atoms with Gasteiger partial charge in [0.25, 0.3) is 5.91 Å². The average Bonchev–Trinajstić information content (AvgIpc) is 3.28. The molecule has 1 saturated carbocycles. The summed E-state index contributed by atoms with van der Waals surface area (Å²) < 4.78 is 54.1. The third-order valence-corrected chi connectivity index (χ3v) is 6.45. The fourth-order valence-electron chi connectivity index (χ4n) is 4.10. The van der Waals surface area contributed by atoms with Gasteiger partial charge in [0.15, 0.2) is 0 Å². The van der Waals surface area contributed by atoms with Crippen LogP contribution in [0.4, 0.5) is 20.2 Å². The quantitative estimate of drug-likeness (QED) is 0.468. The summed E-state index contributed by atoms with van der Waals surface area (Å²) in [6.07, 6.45) is 4.42. The number of nitrogens with one attached hydrogen (secondary N) is 2. The van der Waals surface area contributed by atoms with Crippen molar-refractivity contribution < 1.29 is 22.0 Å². The van der Waals surface area contributed by atoms with Crippen LogP contribution in [0.5, 0.6) is 0 Å². The van der Waals surface area contributed by atoms with E-state index in [4.69, 9.17) is 11.6 Å². The van der Waals surface area contributed by atoms with Gasteiger partial charge in [-0.1, -0.05) is 17.7 Å². The van der Waals surface area contributed by atoms with Crippen molar-refractivity contribution in [2.75, 3.05) is 16.3 Å². The molecule has 0 spiro atoms. The zero-order valence-corrected chi connectivity index (χ0v) is 20.1. The highest BCUT2D eigenvalue weighted by Gasteiger charge is 2.40. The van der Waals surface area contributed by atoms with Crippen LogP contribution < -0.4 is 10.0 Å². The maximum Gasteiger partial charge on any atom is 0.257 e. The van der Waals surface area contributed by atoms with Crippen LogP contribution in [-0.4, -0.2) is 36.1 Å². The van der Waals surface area contributed by atoms with E-state index < -0.39 is 21.9 Å². The second-order valence-corrected chi connectivity index (χ2v) is 10.7. The normalized spacial score (nSPS) is 17.5. The van der Waals surface area contributed by atoms with E-state index in [0.29, 0.717) is 23.5 Å². The lowest BCUT2D eigenvalue weighted by molar-refractivity contribution is 0.00775. The number of amides is 1. The predicted octanol–water partition coefficient (Wildman–Crippen LogP) is 5.36. The van der Waals surface area contributed by atoms with Crippen LogP contribution in [0.15, 0.2) is 48.8 Å². The number of carbonyl (C=O) groups excluding carboxylic acids is 1. The van der Waals surface area contributed by atoms with E-state index in [1.54, 1.807) is 35.2 Å². The van der Waals surface area contributed by atoms with Crippen molar-refractivity contribution in [1.82, 2.24) is 9.55 Å². The summed E-state index contributed by atoms with van der Waals surface area (Å²) in [5.74, 6) is -2.68. The summed E-state index contributed by atoms with van der Waals surface area (Å²) in [5, 5.41) is 2.96. The Labute approximate surface area is 201 Å². The Morgan fingerprint density at radius 2 is 1.94 bits per heavy atom. The molecule has 1 amide bonds. The first-order chi connectivity index (χ1) is 15.9. The number of pyridine rings is 1. The number of hydrogen-bond acceptors (Lipinski definition) is 4. The van der Waals surface area contributed by atoms with Crippen LogP contribution in [-0.2, 0) is 10.0 Å². The first-order valence-electron chi connectivity index (χ1n) is 10.5. The zero-order chi connectivity index (χ0) is 24.7. The van der Waals surface area contributed by atoms with E-state index in [1.165, 1.54) is 18.2 Å². The highest BCUT2D eigenvalue weighted by atomic mass is 35.5. The lowest BCUT2D eigenvalue weighted by atomic mass is 9.99. The molecule has 0 radical (unpaired) electrons. The van der Waals surface area contributed by atoms with Crippen molar-refractivity contribution in [2.45, 2.75) is 38.0 Å². The molecule has 2 aromatic heterocycles. The first-order valence-corrected chi connectivity index (χ1v) is 12.8. The molecule has 0 bridgehead atoms.